The molecule has 0 fully saturated rings. The molecule has 0 unspecified atom stereocenters. The third-order valence-electron chi connectivity index (χ3n) is 8.27. The Hall–Kier alpha value is -4.08. The first-order valence-electron chi connectivity index (χ1n) is 17.4. The van der Waals surface area contributed by atoms with Crippen molar-refractivity contribution in [2.45, 2.75) is 67.3 Å². The molecule has 52 heavy (non-hydrogen) atoms. The summed E-state index contributed by atoms with van der Waals surface area (Å²) in [5, 5.41) is 0.752. The molecule has 5 nitrogen and oxygen atoms in total. The van der Waals surface area contributed by atoms with Gasteiger partial charge in [0.15, 0.2) is 0 Å². The van der Waals surface area contributed by atoms with Crippen molar-refractivity contribution >= 4 is 45.7 Å². The molecule has 0 aliphatic carbocycles. The van der Waals surface area contributed by atoms with Crippen LogP contribution in [0.3, 0.4) is 0 Å². The molecular weight excluding hydrogens is 705 g/mol. The number of thioether (sulfide) groups is 2. The van der Waals surface area contributed by atoms with Gasteiger partial charge in [-0.15, -0.1) is 23.5 Å². The van der Waals surface area contributed by atoms with Crippen LogP contribution in [0.25, 0.3) is 6.08 Å². The van der Waals surface area contributed by atoms with Crippen LogP contribution in [0.2, 0.25) is 0 Å². The van der Waals surface area contributed by atoms with Gasteiger partial charge in [-0.25, -0.2) is 4.79 Å². The number of esters is 1. The minimum atomic E-state index is -4.00. The van der Waals surface area contributed by atoms with E-state index in [1.165, 1.54) is 21.4 Å². The number of carbonyl (C=O) groups excluding carboxylic acids is 1. The van der Waals surface area contributed by atoms with Gasteiger partial charge in [-0.1, -0.05) is 115 Å². The lowest BCUT2D eigenvalue weighted by Gasteiger charge is -2.37. The Kier molecular flexibility index (Phi) is 15.8. The fourth-order valence-electron chi connectivity index (χ4n) is 5.75. The Balaban J connectivity index is 0.000000427. The fourth-order valence-corrected chi connectivity index (χ4v) is 8.24. The molecule has 0 radical (unpaired) electrons. The van der Waals surface area contributed by atoms with Crippen molar-refractivity contribution in [3.8, 4) is 0 Å². The van der Waals surface area contributed by atoms with E-state index in [1.807, 2.05) is 62.5 Å². The third-order valence-corrected chi connectivity index (χ3v) is 10.8. The maximum absolute atomic E-state index is 13.6. The Morgan fingerprint density at radius 2 is 1.12 bits per heavy atom. The molecule has 272 valence electrons. The van der Waals surface area contributed by atoms with Gasteiger partial charge in [0.2, 0.25) is 0 Å². The molecule has 0 saturated carbocycles. The zero-order valence-electron chi connectivity index (χ0n) is 30.1. The van der Waals surface area contributed by atoms with Crippen LogP contribution in [-0.2, 0) is 26.7 Å². The lowest BCUT2D eigenvalue weighted by molar-refractivity contribution is 0.00661. The monoisotopic (exact) mass is 752 g/mol. The van der Waals surface area contributed by atoms with Gasteiger partial charge in [0.1, 0.15) is 5.60 Å². The second-order valence-corrected chi connectivity index (χ2v) is 17.0. The van der Waals surface area contributed by atoms with Crippen molar-refractivity contribution in [1.82, 2.24) is 0 Å². The highest BCUT2D eigenvalue weighted by Crippen LogP contribution is 2.42. The second-order valence-electron chi connectivity index (χ2n) is 13.4. The Bertz CT molecular complexity index is 1880. The minimum Gasteiger partial charge on any atom is -0.456 e. The average molecular weight is 753 g/mol. The molecular formula is C44H48O5S3. The molecule has 0 heterocycles. The average Bonchev–Trinajstić information content (AvgIpc) is 3.14. The van der Waals surface area contributed by atoms with Crippen molar-refractivity contribution in [2.24, 2.45) is 0 Å². The predicted octanol–water partition coefficient (Wildman–Crippen LogP) is 11.4. The van der Waals surface area contributed by atoms with Crippen LogP contribution in [0, 0.1) is 0 Å². The molecule has 0 spiro atoms. The summed E-state index contributed by atoms with van der Waals surface area (Å²) < 4.78 is 34.8. The molecule has 0 bridgehead atoms. The quantitative estimate of drug-likeness (QED) is 0.0648. The number of ether oxygens (including phenoxy) is 1. The summed E-state index contributed by atoms with van der Waals surface area (Å²) in [5.41, 5.74) is 3.13. The Morgan fingerprint density at radius 1 is 0.654 bits per heavy atom. The van der Waals surface area contributed by atoms with Crippen LogP contribution in [0.4, 0.5) is 0 Å². The molecule has 0 aromatic heterocycles. The molecule has 0 aliphatic rings. The van der Waals surface area contributed by atoms with E-state index in [4.69, 9.17) is 9.29 Å². The first-order chi connectivity index (χ1) is 24.9. The van der Waals surface area contributed by atoms with Gasteiger partial charge in [-0.3, -0.25) is 4.55 Å². The number of benzene rings is 5. The van der Waals surface area contributed by atoms with E-state index in [0.717, 1.165) is 53.7 Å². The summed E-state index contributed by atoms with van der Waals surface area (Å²) in [6.45, 7) is 5.80. The molecule has 0 aliphatic heterocycles. The molecule has 8 heteroatoms. The maximum atomic E-state index is 13.6. The van der Waals surface area contributed by atoms with Crippen LogP contribution in [0.5, 0.6) is 0 Å². The predicted molar refractivity (Wildman–Crippen MR) is 219 cm³/mol. The molecule has 5 aromatic carbocycles. The van der Waals surface area contributed by atoms with E-state index in [1.54, 1.807) is 24.3 Å². The minimum absolute atomic E-state index is 0.188. The molecule has 5 aromatic rings. The second kappa shape index (κ2) is 20.2. The largest absolute Gasteiger partial charge is 0.456 e. The van der Waals surface area contributed by atoms with Crippen LogP contribution in [0.1, 0.15) is 67.1 Å². The van der Waals surface area contributed by atoms with E-state index in [-0.39, 0.29) is 11.4 Å². The smallest absolute Gasteiger partial charge is 0.338 e. The summed E-state index contributed by atoms with van der Waals surface area (Å²) in [4.78, 5) is 16.1. The van der Waals surface area contributed by atoms with Crippen molar-refractivity contribution in [3.63, 3.8) is 0 Å². The van der Waals surface area contributed by atoms with E-state index in [2.05, 4.69) is 103 Å². The maximum Gasteiger partial charge on any atom is 0.338 e. The standard InChI is InChI=1S/C36H40O2S2.C8H8O3S/c1-35(2,3)38-34(37)32-21-13-14-22-33(32)36(24-23-29-15-7-4-8-16-29,25-27-39-30-17-9-5-10-18-30)26-28-40-31-19-11-6-12-20-31;9-12(10,11)7-6-8-4-2-1-3-5-8/h4-22H,23-28H2,1-3H3;1-7H,(H,9,10,11). The Labute approximate surface area is 318 Å². The summed E-state index contributed by atoms with van der Waals surface area (Å²) in [7, 11) is -4.00. The van der Waals surface area contributed by atoms with Crippen LogP contribution >= 0.6 is 23.5 Å². The van der Waals surface area contributed by atoms with Crippen molar-refractivity contribution in [1.29, 1.82) is 0 Å². The summed E-state index contributed by atoms with van der Waals surface area (Å²) in [6.07, 6.45) is 5.18. The van der Waals surface area contributed by atoms with E-state index in [0.29, 0.717) is 5.56 Å². The van der Waals surface area contributed by atoms with Gasteiger partial charge < -0.3 is 4.74 Å². The van der Waals surface area contributed by atoms with Gasteiger partial charge in [0.05, 0.1) is 11.0 Å². The van der Waals surface area contributed by atoms with E-state index in [9.17, 15) is 13.2 Å². The van der Waals surface area contributed by atoms with Gasteiger partial charge in [-0.2, -0.15) is 8.42 Å². The number of hydrogen-bond acceptors (Lipinski definition) is 6. The van der Waals surface area contributed by atoms with Crippen LogP contribution in [0.15, 0.2) is 161 Å². The van der Waals surface area contributed by atoms with Gasteiger partial charge in [-0.05, 0) is 116 Å². The Morgan fingerprint density at radius 3 is 1.62 bits per heavy atom. The van der Waals surface area contributed by atoms with E-state index < -0.39 is 15.7 Å². The number of aryl methyl sites for hydroxylation is 1. The zero-order chi connectivity index (χ0) is 37.3. The highest BCUT2D eigenvalue weighted by Gasteiger charge is 2.36. The molecule has 1 N–H and O–H groups in total. The highest BCUT2D eigenvalue weighted by molar-refractivity contribution is 7.99. The van der Waals surface area contributed by atoms with Crippen molar-refractivity contribution < 1.29 is 22.5 Å². The molecule has 0 amide bonds. The lowest BCUT2D eigenvalue weighted by atomic mass is 9.70. The SMILES string of the molecule is CC(C)(C)OC(=O)c1ccccc1C(CCSc1ccccc1)(CCSc1ccccc1)CCc1ccccc1.O=S(=O)(O)C=Cc1ccccc1. The first-order valence-corrected chi connectivity index (χ1v) is 20.8. The van der Waals surface area contributed by atoms with Crippen LogP contribution in [-0.4, -0.2) is 36.0 Å². The topological polar surface area (TPSA) is 80.7 Å². The summed E-state index contributed by atoms with van der Waals surface area (Å²) in [6, 6.07) is 49.0. The number of hydrogen-bond donors (Lipinski definition) is 1. The normalized spacial score (nSPS) is 11.8. The van der Waals surface area contributed by atoms with Gasteiger partial charge in [0, 0.05) is 9.79 Å². The van der Waals surface area contributed by atoms with Crippen molar-refractivity contribution in [2.75, 3.05) is 11.5 Å². The fraction of sp³-hybridized carbons (Fsp3) is 0.250. The zero-order valence-corrected chi connectivity index (χ0v) is 32.5. The first kappa shape index (κ1) is 40.7. The lowest BCUT2D eigenvalue weighted by Crippen LogP contribution is -2.33. The third kappa shape index (κ3) is 14.5. The highest BCUT2D eigenvalue weighted by atomic mass is 32.2. The summed E-state index contributed by atoms with van der Waals surface area (Å²) >= 11 is 3.79. The number of rotatable bonds is 15. The summed E-state index contributed by atoms with van der Waals surface area (Å²) in [5.74, 6) is 1.70. The van der Waals surface area contributed by atoms with E-state index >= 15 is 0 Å². The number of carbonyl (C=O) groups is 1. The van der Waals surface area contributed by atoms with Gasteiger partial charge in [0.25, 0.3) is 10.1 Å². The van der Waals surface area contributed by atoms with Crippen molar-refractivity contribution in [3.05, 3.63) is 173 Å². The molecule has 5 rings (SSSR count). The van der Waals surface area contributed by atoms with Gasteiger partial charge >= 0.3 is 5.97 Å². The molecule has 0 saturated heterocycles. The van der Waals surface area contributed by atoms with Crippen LogP contribution < -0.4 is 0 Å². The molecule has 0 atom stereocenters.